The number of fused-ring (bicyclic) bond motifs is 1. The summed E-state index contributed by atoms with van der Waals surface area (Å²) in [5, 5.41) is 0. The van der Waals surface area contributed by atoms with E-state index in [1.54, 1.807) is 12.1 Å². The second-order valence-corrected chi connectivity index (χ2v) is 7.22. The van der Waals surface area contributed by atoms with E-state index in [1.807, 2.05) is 36.9 Å². The summed E-state index contributed by atoms with van der Waals surface area (Å²) in [6, 6.07) is 12.2. The predicted octanol–water partition coefficient (Wildman–Crippen LogP) is 4.23. The molecule has 1 amide bonds. The molecule has 1 aliphatic heterocycles. The molecule has 138 valence electrons. The monoisotopic (exact) mass is 363 g/mol. The van der Waals surface area contributed by atoms with Crippen molar-refractivity contribution in [2.24, 2.45) is 0 Å². The van der Waals surface area contributed by atoms with Gasteiger partial charge in [0.25, 0.3) is 5.91 Å². The van der Waals surface area contributed by atoms with E-state index < -0.39 is 0 Å². The number of aromatic nitrogens is 2. The third-order valence-electron chi connectivity index (χ3n) is 5.34. The zero-order valence-corrected chi connectivity index (χ0v) is 15.6. The molecule has 0 bridgehead atoms. The fraction of sp³-hybridized carbons (Fsp3) is 0.318. The Kier molecular flexibility index (Phi) is 4.60. The van der Waals surface area contributed by atoms with Crippen molar-refractivity contribution in [1.29, 1.82) is 0 Å². The molecule has 0 radical (unpaired) electrons. The van der Waals surface area contributed by atoms with Crippen molar-refractivity contribution in [2.45, 2.75) is 39.2 Å². The SMILES string of the molecule is Cc1nc2ccc(C(=O)N3CCCC3Cc3ccc(F)cc3)cc2nc1C. The van der Waals surface area contributed by atoms with Gasteiger partial charge in [-0.25, -0.2) is 14.4 Å². The number of likely N-dealkylation sites (tertiary alicyclic amines) is 1. The van der Waals surface area contributed by atoms with E-state index >= 15 is 0 Å². The number of hydrogen-bond acceptors (Lipinski definition) is 3. The molecule has 1 aliphatic rings. The van der Waals surface area contributed by atoms with Crippen LogP contribution in [0.3, 0.4) is 0 Å². The lowest BCUT2D eigenvalue weighted by Crippen LogP contribution is -2.36. The summed E-state index contributed by atoms with van der Waals surface area (Å²) in [7, 11) is 0. The van der Waals surface area contributed by atoms with Crippen LogP contribution >= 0.6 is 0 Å². The van der Waals surface area contributed by atoms with Crippen LogP contribution < -0.4 is 0 Å². The topological polar surface area (TPSA) is 46.1 Å². The van der Waals surface area contributed by atoms with Gasteiger partial charge in [-0.2, -0.15) is 0 Å². The lowest BCUT2D eigenvalue weighted by atomic mass is 10.0. The zero-order chi connectivity index (χ0) is 19.0. The van der Waals surface area contributed by atoms with E-state index in [-0.39, 0.29) is 17.8 Å². The van der Waals surface area contributed by atoms with Crippen molar-refractivity contribution >= 4 is 16.9 Å². The van der Waals surface area contributed by atoms with Crippen molar-refractivity contribution in [1.82, 2.24) is 14.9 Å². The van der Waals surface area contributed by atoms with E-state index in [1.165, 1.54) is 12.1 Å². The molecule has 0 N–H and O–H groups in total. The van der Waals surface area contributed by atoms with Crippen LogP contribution in [0.25, 0.3) is 11.0 Å². The van der Waals surface area contributed by atoms with E-state index in [4.69, 9.17) is 0 Å². The van der Waals surface area contributed by atoms with E-state index in [2.05, 4.69) is 9.97 Å². The summed E-state index contributed by atoms with van der Waals surface area (Å²) in [4.78, 5) is 24.2. The summed E-state index contributed by atoms with van der Waals surface area (Å²) in [6.45, 7) is 4.61. The first-order valence-corrected chi connectivity index (χ1v) is 9.32. The fourth-order valence-corrected chi connectivity index (χ4v) is 3.74. The summed E-state index contributed by atoms with van der Waals surface area (Å²) in [5.74, 6) is -0.206. The zero-order valence-electron chi connectivity index (χ0n) is 15.6. The molecule has 0 aliphatic carbocycles. The molecule has 1 unspecified atom stereocenters. The Morgan fingerprint density at radius 2 is 1.78 bits per heavy atom. The number of halogens is 1. The van der Waals surface area contributed by atoms with E-state index in [9.17, 15) is 9.18 Å². The second kappa shape index (κ2) is 7.06. The van der Waals surface area contributed by atoms with Crippen LogP contribution in [-0.2, 0) is 6.42 Å². The van der Waals surface area contributed by atoms with Gasteiger partial charge >= 0.3 is 0 Å². The van der Waals surface area contributed by atoms with Crippen molar-refractivity contribution in [3.63, 3.8) is 0 Å². The number of rotatable bonds is 3. The molecule has 0 spiro atoms. The minimum absolute atomic E-state index is 0.0292. The van der Waals surface area contributed by atoms with Crippen LogP contribution in [-0.4, -0.2) is 33.4 Å². The van der Waals surface area contributed by atoms with Gasteiger partial charge in [0.05, 0.1) is 22.4 Å². The highest BCUT2D eigenvalue weighted by atomic mass is 19.1. The highest BCUT2D eigenvalue weighted by molar-refractivity contribution is 5.97. The standard InChI is InChI=1S/C22H22FN3O/c1-14-15(2)25-21-13-17(7-10-20(21)24-14)22(27)26-11-3-4-19(26)12-16-5-8-18(23)9-6-16/h5-10,13,19H,3-4,11-12H2,1-2H3. The van der Waals surface area contributed by atoms with Gasteiger partial charge in [-0.15, -0.1) is 0 Å². The quantitative estimate of drug-likeness (QED) is 0.699. The van der Waals surface area contributed by atoms with Crippen molar-refractivity contribution < 1.29 is 9.18 Å². The first-order chi connectivity index (χ1) is 13.0. The van der Waals surface area contributed by atoms with Crippen LogP contribution in [0.15, 0.2) is 42.5 Å². The molecule has 4 nitrogen and oxygen atoms in total. The van der Waals surface area contributed by atoms with Gasteiger partial charge in [0.1, 0.15) is 5.82 Å². The molecule has 0 saturated carbocycles. The lowest BCUT2D eigenvalue weighted by molar-refractivity contribution is 0.0736. The summed E-state index contributed by atoms with van der Waals surface area (Å²) in [6.07, 6.45) is 2.70. The normalized spacial score (nSPS) is 16.9. The number of amides is 1. The molecule has 2 aromatic carbocycles. The third-order valence-corrected chi connectivity index (χ3v) is 5.34. The number of hydrogen-bond donors (Lipinski definition) is 0. The van der Waals surface area contributed by atoms with Gasteiger partial charge < -0.3 is 4.90 Å². The predicted molar refractivity (Wildman–Crippen MR) is 103 cm³/mol. The number of nitrogens with zero attached hydrogens (tertiary/aromatic N) is 3. The minimum atomic E-state index is -0.235. The van der Waals surface area contributed by atoms with Crippen molar-refractivity contribution in [2.75, 3.05) is 6.54 Å². The summed E-state index contributed by atoms with van der Waals surface area (Å²) < 4.78 is 13.1. The van der Waals surface area contributed by atoms with Crippen LogP contribution in [0.2, 0.25) is 0 Å². The molecular weight excluding hydrogens is 341 g/mol. The Morgan fingerprint density at radius 1 is 1.07 bits per heavy atom. The maximum atomic E-state index is 13.1. The smallest absolute Gasteiger partial charge is 0.254 e. The van der Waals surface area contributed by atoms with Crippen LogP contribution in [0.5, 0.6) is 0 Å². The Labute approximate surface area is 158 Å². The molecule has 1 atom stereocenters. The van der Waals surface area contributed by atoms with Crippen molar-refractivity contribution in [3.05, 3.63) is 70.8 Å². The van der Waals surface area contributed by atoms with E-state index in [0.717, 1.165) is 53.8 Å². The van der Waals surface area contributed by atoms with Crippen LogP contribution in [0.1, 0.15) is 40.2 Å². The average Bonchev–Trinajstić information content (AvgIpc) is 3.12. The molecule has 5 heteroatoms. The van der Waals surface area contributed by atoms with Crippen LogP contribution in [0.4, 0.5) is 4.39 Å². The Hall–Kier alpha value is -2.82. The average molecular weight is 363 g/mol. The van der Waals surface area contributed by atoms with Gasteiger partial charge in [-0.05, 0) is 69.0 Å². The third kappa shape index (κ3) is 3.54. The minimum Gasteiger partial charge on any atom is -0.335 e. The van der Waals surface area contributed by atoms with E-state index in [0.29, 0.717) is 5.56 Å². The number of aryl methyl sites for hydroxylation is 2. The molecule has 2 heterocycles. The fourth-order valence-electron chi connectivity index (χ4n) is 3.74. The van der Waals surface area contributed by atoms with Gasteiger partial charge in [0.2, 0.25) is 0 Å². The maximum absolute atomic E-state index is 13.1. The van der Waals surface area contributed by atoms with Gasteiger partial charge in [0.15, 0.2) is 0 Å². The van der Waals surface area contributed by atoms with Gasteiger partial charge in [-0.1, -0.05) is 12.1 Å². The second-order valence-electron chi connectivity index (χ2n) is 7.22. The highest BCUT2D eigenvalue weighted by Gasteiger charge is 2.29. The number of benzene rings is 2. The summed E-state index contributed by atoms with van der Waals surface area (Å²) >= 11 is 0. The Bertz CT molecular complexity index is 1000. The lowest BCUT2D eigenvalue weighted by Gasteiger charge is -2.25. The molecule has 3 aromatic rings. The van der Waals surface area contributed by atoms with Gasteiger partial charge in [0, 0.05) is 18.2 Å². The highest BCUT2D eigenvalue weighted by Crippen LogP contribution is 2.24. The summed E-state index contributed by atoms with van der Waals surface area (Å²) in [5.41, 5.74) is 5.03. The maximum Gasteiger partial charge on any atom is 0.254 e. The molecule has 1 aromatic heterocycles. The first-order valence-electron chi connectivity index (χ1n) is 9.32. The molecular formula is C22H22FN3O. The molecule has 1 saturated heterocycles. The first kappa shape index (κ1) is 17.6. The van der Waals surface area contributed by atoms with Crippen LogP contribution in [0, 0.1) is 19.7 Å². The van der Waals surface area contributed by atoms with Crippen molar-refractivity contribution in [3.8, 4) is 0 Å². The number of carbonyl (C=O) groups is 1. The number of carbonyl (C=O) groups excluding carboxylic acids is 1. The Balaban J connectivity index is 1.58. The molecule has 4 rings (SSSR count). The molecule has 27 heavy (non-hydrogen) atoms. The largest absolute Gasteiger partial charge is 0.335 e. The van der Waals surface area contributed by atoms with Gasteiger partial charge in [-0.3, -0.25) is 4.79 Å². The Morgan fingerprint density at radius 3 is 2.52 bits per heavy atom. The molecule has 1 fully saturated rings.